The van der Waals surface area contributed by atoms with Crippen molar-refractivity contribution in [2.45, 2.75) is 51.8 Å². The van der Waals surface area contributed by atoms with E-state index >= 15 is 0 Å². The van der Waals surface area contributed by atoms with Crippen molar-refractivity contribution in [2.24, 2.45) is 0 Å². The van der Waals surface area contributed by atoms with Gasteiger partial charge >= 0.3 is 0 Å². The molecule has 0 aliphatic heterocycles. The van der Waals surface area contributed by atoms with Gasteiger partial charge in [-0.2, -0.15) is 0 Å². The van der Waals surface area contributed by atoms with Gasteiger partial charge in [0.15, 0.2) is 0 Å². The zero-order valence-corrected chi connectivity index (χ0v) is 11.4. The fourth-order valence-corrected chi connectivity index (χ4v) is 1.96. The van der Waals surface area contributed by atoms with E-state index in [9.17, 15) is 0 Å². The molecule has 0 saturated heterocycles. The van der Waals surface area contributed by atoms with E-state index in [-0.39, 0.29) is 6.10 Å². The summed E-state index contributed by atoms with van der Waals surface area (Å²) in [5, 5.41) is 3.54. The molecule has 0 amide bonds. The van der Waals surface area contributed by atoms with E-state index in [1.165, 1.54) is 24.0 Å². The zero-order valence-electron chi connectivity index (χ0n) is 11.4. The largest absolute Gasteiger partial charge is 0.490 e. The smallest absolute Gasteiger partial charge is 0.124 e. The Hall–Kier alpha value is -1.28. The summed E-state index contributed by atoms with van der Waals surface area (Å²) in [5.74, 6) is 1.01. The third kappa shape index (κ3) is 3.88. The number of hydrogen-bond donors (Lipinski definition) is 1. The van der Waals surface area contributed by atoms with Crippen LogP contribution in [-0.2, 0) is 6.54 Å². The molecule has 2 nitrogen and oxygen atoms in total. The molecule has 1 aromatic carbocycles. The second-order valence-electron chi connectivity index (χ2n) is 5.22. The van der Waals surface area contributed by atoms with E-state index in [1.54, 1.807) is 0 Å². The van der Waals surface area contributed by atoms with E-state index in [0.29, 0.717) is 0 Å². The van der Waals surface area contributed by atoms with Gasteiger partial charge in [0, 0.05) is 24.6 Å². The van der Waals surface area contributed by atoms with Gasteiger partial charge in [-0.1, -0.05) is 18.2 Å². The van der Waals surface area contributed by atoms with Gasteiger partial charge in [0.25, 0.3) is 0 Å². The standard InChI is InChI=1S/C16H23NO/c1-4-5-13(3)18-16-10-12(2)6-7-14(16)11-17-15-8-9-15/h4,6-7,10,13,15,17H,1,5,8-9,11H2,2-3H3/t13-/m0/s1. The highest BCUT2D eigenvalue weighted by Gasteiger charge is 2.20. The Morgan fingerprint density at radius 1 is 1.50 bits per heavy atom. The number of nitrogens with one attached hydrogen (secondary N) is 1. The summed E-state index contributed by atoms with van der Waals surface area (Å²) in [4.78, 5) is 0. The minimum Gasteiger partial charge on any atom is -0.490 e. The SMILES string of the molecule is C=CC[C@H](C)Oc1cc(C)ccc1CNC1CC1. The molecule has 18 heavy (non-hydrogen) atoms. The summed E-state index contributed by atoms with van der Waals surface area (Å²) in [5.41, 5.74) is 2.49. The Morgan fingerprint density at radius 3 is 2.94 bits per heavy atom. The minimum absolute atomic E-state index is 0.184. The van der Waals surface area contributed by atoms with Crippen molar-refractivity contribution < 1.29 is 4.74 Å². The summed E-state index contributed by atoms with van der Waals surface area (Å²) < 4.78 is 6.01. The molecule has 0 aromatic heterocycles. The average Bonchev–Trinajstić information content (AvgIpc) is 3.12. The first-order valence-corrected chi connectivity index (χ1v) is 6.79. The van der Waals surface area contributed by atoms with Crippen molar-refractivity contribution in [3.05, 3.63) is 42.0 Å². The second kappa shape index (κ2) is 6.05. The summed E-state index contributed by atoms with van der Waals surface area (Å²) in [6, 6.07) is 7.17. The molecular weight excluding hydrogens is 222 g/mol. The molecule has 1 fully saturated rings. The van der Waals surface area contributed by atoms with Crippen LogP contribution in [0.25, 0.3) is 0 Å². The molecular formula is C16H23NO. The van der Waals surface area contributed by atoms with Gasteiger partial charge in [-0.05, 0) is 38.3 Å². The van der Waals surface area contributed by atoms with Crippen LogP contribution in [0, 0.1) is 6.92 Å². The molecule has 2 heteroatoms. The van der Waals surface area contributed by atoms with Gasteiger partial charge in [0.05, 0.1) is 6.10 Å². The normalized spacial score (nSPS) is 16.3. The minimum atomic E-state index is 0.184. The zero-order chi connectivity index (χ0) is 13.0. The van der Waals surface area contributed by atoms with Crippen molar-refractivity contribution in [3.63, 3.8) is 0 Å². The second-order valence-corrected chi connectivity index (χ2v) is 5.22. The first-order valence-electron chi connectivity index (χ1n) is 6.79. The van der Waals surface area contributed by atoms with Gasteiger partial charge in [-0.25, -0.2) is 0 Å². The average molecular weight is 245 g/mol. The van der Waals surface area contributed by atoms with Crippen LogP contribution in [0.3, 0.4) is 0 Å². The number of benzene rings is 1. The van der Waals surface area contributed by atoms with E-state index in [2.05, 4.69) is 43.9 Å². The highest BCUT2D eigenvalue weighted by Crippen LogP contribution is 2.25. The molecule has 98 valence electrons. The van der Waals surface area contributed by atoms with Crippen molar-refractivity contribution in [1.29, 1.82) is 0 Å². The molecule has 0 unspecified atom stereocenters. The summed E-state index contributed by atoms with van der Waals surface area (Å²) in [6.45, 7) is 8.85. The summed E-state index contributed by atoms with van der Waals surface area (Å²) in [6.07, 6.45) is 5.60. The number of hydrogen-bond acceptors (Lipinski definition) is 2. The molecule has 1 aromatic rings. The van der Waals surface area contributed by atoms with Crippen molar-refractivity contribution in [3.8, 4) is 5.75 Å². The fourth-order valence-electron chi connectivity index (χ4n) is 1.96. The monoisotopic (exact) mass is 245 g/mol. The molecule has 0 bridgehead atoms. The highest BCUT2D eigenvalue weighted by atomic mass is 16.5. The van der Waals surface area contributed by atoms with Crippen LogP contribution in [0.1, 0.15) is 37.3 Å². The van der Waals surface area contributed by atoms with Gasteiger partial charge < -0.3 is 10.1 Å². The van der Waals surface area contributed by atoms with E-state index in [4.69, 9.17) is 4.74 Å². The highest BCUT2D eigenvalue weighted by molar-refractivity contribution is 5.37. The molecule has 1 aliphatic rings. The van der Waals surface area contributed by atoms with Crippen LogP contribution in [0.2, 0.25) is 0 Å². The van der Waals surface area contributed by atoms with Gasteiger partial charge in [0.1, 0.15) is 5.75 Å². The van der Waals surface area contributed by atoms with Crippen LogP contribution >= 0.6 is 0 Å². The van der Waals surface area contributed by atoms with Crippen molar-refractivity contribution >= 4 is 0 Å². The molecule has 1 aliphatic carbocycles. The lowest BCUT2D eigenvalue weighted by Gasteiger charge is -2.17. The molecule has 1 saturated carbocycles. The lowest BCUT2D eigenvalue weighted by molar-refractivity contribution is 0.222. The lowest BCUT2D eigenvalue weighted by atomic mass is 10.1. The Kier molecular flexibility index (Phi) is 4.43. The number of aryl methyl sites for hydroxylation is 1. The Labute approximate surface area is 110 Å². The third-order valence-corrected chi connectivity index (χ3v) is 3.21. The van der Waals surface area contributed by atoms with Gasteiger partial charge in [0.2, 0.25) is 0 Å². The van der Waals surface area contributed by atoms with E-state index in [0.717, 1.165) is 24.8 Å². The van der Waals surface area contributed by atoms with Crippen molar-refractivity contribution in [2.75, 3.05) is 0 Å². The Balaban J connectivity index is 2.03. The predicted octanol–water partition coefficient (Wildman–Crippen LogP) is 3.59. The van der Waals surface area contributed by atoms with Crippen LogP contribution in [0.4, 0.5) is 0 Å². The van der Waals surface area contributed by atoms with Crippen LogP contribution in [-0.4, -0.2) is 12.1 Å². The summed E-state index contributed by atoms with van der Waals surface area (Å²) >= 11 is 0. The molecule has 0 heterocycles. The van der Waals surface area contributed by atoms with Crippen molar-refractivity contribution in [1.82, 2.24) is 5.32 Å². The molecule has 0 radical (unpaired) electrons. The topological polar surface area (TPSA) is 21.3 Å². The van der Waals surface area contributed by atoms with Gasteiger partial charge in [-0.15, -0.1) is 6.58 Å². The number of rotatable bonds is 7. The Bertz CT molecular complexity index is 410. The maximum atomic E-state index is 6.01. The number of ether oxygens (including phenoxy) is 1. The van der Waals surface area contributed by atoms with Gasteiger partial charge in [-0.3, -0.25) is 0 Å². The Morgan fingerprint density at radius 2 is 2.28 bits per heavy atom. The van der Waals surface area contributed by atoms with Crippen LogP contribution in [0.15, 0.2) is 30.9 Å². The lowest BCUT2D eigenvalue weighted by Crippen LogP contribution is -2.18. The van der Waals surface area contributed by atoms with Crippen LogP contribution < -0.4 is 10.1 Å². The summed E-state index contributed by atoms with van der Waals surface area (Å²) in [7, 11) is 0. The van der Waals surface area contributed by atoms with Crippen LogP contribution in [0.5, 0.6) is 5.75 Å². The van der Waals surface area contributed by atoms with E-state index < -0.39 is 0 Å². The molecule has 0 spiro atoms. The molecule has 1 N–H and O–H groups in total. The fraction of sp³-hybridized carbons (Fsp3) is 0.500. The maximum absolute atomic E-state index is 6.01. The predicted molar refractivity (Wildman–Crippen MR) is 75.9 cm³/mol. The maximum Gasteiger partial charge on any atom is 0.124 e. The van der Waals surface area contributed by atoms with E-state index in [1.807, 2.05) is 6.08 Å². The quantitative estimate of drug-likeness (QED) is 0.741. The first kappa shape index (κ1) is 13.2. The third-order valence-electron chi connectivity index (χ3n) is 3.21. The molecule has 2 rings (SSSR count). The molecule has 1 atom stereocenters. The first-order chi connectivity index (χ1) is 8.69.